The molecule has 0 N–H and O–H groups in total. The van der Waals surface area contributed by atoms with Crippen LogP contribution < -0.4 is 5.63 Å². The normalized spacial score (nSPS) is 11.1. The van der Waals surface area contributed by atoms with E-state index >= 15 is 0 Å². The van der Waals surface area contributed by atoms with E-state index in [2.05, 4.69) is 6.92 Å². The topological polar surface area (TPSA) is 56.5 Å². The summed E-state index contributed by atoms with van der Waals surface area (Å²) >= 11 is 0. The van der Waals surface area contributed by atoms with Crippen LogP contribution in [0.1, 0.15) is 36.7 Å². The number of aryl methyl sites for hydroxylation is 1. The summed E-state index contributed by atoms with van der Waals surface area (Å²) in [4.78, 5) is 24.3. The zero-order valence-corrected chi connectivity index (χ0v) is 15.3. The van der Waals surface area contributed by atoms with Gasteiger partial charge in [-0.05, 0) is 29.5 Å². The summed E-state index contributed by atoms with van der Waals surface area (Å²) in [5, 5.41) is 1.29. The molecule has 0 radical (unpaired) electrons. The average molecular weight is 362 g/mol. The van der Waals surface area contributed by atoms with Gasteiger partial charge in [0, 0.05) is 18.1 Å². The van der Waals surface area contributed by atoms with Gasteiger partial charge in [-0.3, -0.25) is 0 Å². The van der Waals surface area contributed by atoms with Crippen molar-refractivity contribution in [1.29, 1.82) is 0 Å². The zero-order valence-electron chi connectivity index (χ0n) is 15.3. The Morgan fingerprint density at radius 2 is 1.74 bits per heavy atom. The van der Waals surface area contributed by atoms with Gasteiger partial charge in [-0.2, -0.15) is 0 Å². The molecule has 0 saturated carbocycles. The van der Waals surface area contributed by atoms with Crippen molar-refractivity contribution in [1.82, 2.24) is 0 Å². The molecule has 1 aromatic heterocycles. The number of ether oxygens (including phenoxy) is 1. The SMILES string of the molecule is CCCCc1oc(=O)c2ccccc2c1/C=C/C(=O)OCc1ccccc1. The average Bonchev–Trinajstić information content (AvgIpc) is 2.71. The molecule has 1 heterocycles. The number of rotatable bonds is 7. The summed E-state index contributed by atoms with van der Waals surface area (Å²) in [6.07, 6.45) is 5.61. The van der Waals surface area contributed by atoms with Gasteiger partial charge < -0.3 is 9.15 Å². The Labute approximate surface area is 158 Å². The molecule has 4 nitrogen and oxygen atoms in total. The van der Waals surface area contributed by atoms with E-state index in [0.717, 1.165) is 29.4 Å². The zero-order chi connectivity index (χ0) is 19.1. The summed E-state index contributed by atoms with van der Waals surface area (Å²) in [7, 11) is 0. The van der Waals surface area contributed by atoms with E-state index in [1.807, 2.05) is 42.5 Å². The Balaban J connectivity index is 1.85. The van der Waals surface area contributed by atoms with Crippen LogP contribution in [0.4, 0.5) is 0 Å². The maximum atomic E-state index is 12.2. The molecule has 3 aromatic rings. The van der Waals surface area contributed by atoms with Crippen molar-refractivity contribution in [2.75, 3.05) is 0 Å². The van der Waals surface area contributed by atoms with Crippen molar-refractivity contribution in [2.45, 2.75) is 32.8 Å². The standard InChI is InChI=1S/C23H22O4/c1-2-3-13-21-19(18-11-7-8-12-20(18)23(25)27-21)14-15-22(24)26-16-17-9-5-4-6-10-17/h4-12,14-15H,2-3,13,16H2,1H3/b15-14+. The van der Waals surface area contributed by atoms with Crippen molar-refractivity contribution in [2.24, 2.45) is 0 Å². The fourth-order valence-electron chi connectivity index (χ4n) is 2.90. The number of esters is 1. The first-order valence-corrected chi connectivity index (χ1v) is 9.12. The van der Waals surface area contributed by atoms with Crippen LogP contribution in [0.15, 0.2) is 69.9 Å². The van der Waals surface area contributed by atoms with Gasteiger partial charge >= 0.3 is 11.6 Å². The molecule has 0 atom stereocenters. The van der Waals surface area contributed by atoms with E-state index in [-0.39, 0.29) is 12.2 Å². The Kier molecular flexibility index (Phi) is 6.21. The number of carbonyl (C=O) groups excluding carboxylic acids is 1. The van der Waals surface area contributed by atoms with E-state index in [0.29, 0.717) is 17.6 Å². The van der Waals surface area contributed by atoms with Crippen molar-refractivity contribution in [3.63, 3.8) is 0 Å². The van der Waals surface area contributed by atoms with Gasteiger partial charge in [-0.25, -0.2) is 9.59 Å². The largest absolute Gasteiger partial charge is 0.458 e. The lowest BCUT2D eigenvalue weighted by Crippen LogP contribution is -2.06. The summed E-state index contributed by atoms with van der Waals surface area (Å²) < 4.78 is 10.8. The van der Waals surface area contributed by atoms with Gasteiger partial charge in [-0.1, -0.05) is 61.9 Å². The summed E-state index contributed by atoms with van der Waals surface area (Å²) in [5.74, 6) is 0.170. The lowest BCUT2D eigenvalue weighted by Gasteiger charge is -2.08. The number of carbonyl (C=O) groups is 1. The Morgan fingerprint density at radius 3 is 2.48 bits per heavy atom. The van der Waals surface area contributed by atoms with Crippen LogP contribution in [-0.4, -0.2) is 5.97 Å². The van der Waals surface area contributed by atoms with E-state index in [9.17, 15) is 9.59 Å². The first-order chi connectivity index (χ1) is 13.2. The second kappa shape index (κ2) is 8.99. The highest BCUT2D eigenvalue weighted by molar-refractivity contribution is 5.94. The minimum absolute atomic E-state index is 0.220. The Morgan fingerprint density at radius 1 is 1.04 bits per heavy atom. The quantitative estimate of drug-likeness (QED) is 0.443. The molecule has 3 rings (SSSR count). The molecule has 27 heavy (non-hydrogen) atoms. The molecular weight excluding hydrogens is 340 g/mol. The number of benzene rings is 2. The van der Waals surface area contributed by atoms with Crippen LogP contribution in [-0.2, 0) is 22.6 Å². The van der Waals surface area contributed by atoms with E-state index in [1.165, 1.54) is 6.08 Å². The van der Waals surface area contributed by atoms with Gasteiger partial charge in [0.2, 0.25) is 0 Å². The van der Waals surface area contributed by atoms with Gasteiger partial charge in [0.15, 0.2) is 0 Å². The summed E-state index contributed by atoms with van der Waals surface area (Å²) in [6.45, 7) is 2.30. The number of hydrogen-bond acceptors (Lipinski definition) is 4. The minimum atomic E-state index is -0.435. The van der Waals surface area contributed by atoms with Crippen LogP contribution in [0.3, 0.4) is 0 Å². The maximum Gasteiger partial charge on any atom is 0.343 e. The molecule has 0 fully saturated rings. The van der Waals surface area contributed by atoms with Crippen LogP contribution in [0, 0.1) is 0 Å². The third-order valence-corrected chi connectivity index (χ3v) is 4.32. The molecule has 0 bridgehead atoms. The van der Waals surface area contributed by atoms with Crippen molar-refractivity contribution in [3.8, 4) is 0 Å². The molecule has 0 saturated heterocycles. The van der Waals surface area contributed by atoms with Gasteiger partial charge in [0.1, 0.15) is 12.4 Å². The van der Waals surface area contributed by atoms with E-state index < -0.39 is 5.97 Å². The molecule has 0 unspecified atom stereocenters. The third-order valence-electron chi connectivity index (χ3n) is 4.32. The molecule has 0 aliphatic carbocycles. The first kappa shape index (κ1) is 18.6. The van der Waals surface area contributed by atoms with Crippen molar-refractivity contribution < 1.29 is 13.9 Å². The van der Waals surface area contributed by atoms with Crippen molar-refractivity contribution >= 4 is 22.8 Å². The lowest BCUT2D eigenvalue weighted by molar-refractivity contribution is -0.138. The first-order valence-electron chi connectivity index (χ1n) is 9.12. The minimum Gasteiger partial charge on any atom is -0.458 e. The number of hydrogen-bond donors (Lipinski definition) is 0. The van der Waals surface area contributed by atoms with E-state index in [4.69, 9.17) is 9.15 Å². The highest BCUT2D eigenvalue weighted by Crippen LogP contribution is 2.22. The van der Waals surface area contributed by atoms with Gasteiger partial charge in [0.05, 0.1) is 5.39 Å². The fourth-order valence-corrected chi connectivity index (χ4v) is 2.90. The molecule has 138 valence electrons. The number of unbranched alkanes of at least 4 members (excludes halogenated alkanes) is 1. The molecule has 0 aliphatic rings. The van der Waals surface area contributed by atoms with Crippen LogP contribution in [0.25, 0.3) is 16.8 Å². The molecule has 4 heteroatoms. The maximum absolute atomic E-state index is 12.2. The third kappa shape index (κ3) is 4.73. The lowest BCUT2D eigenvalue weighted by atomic mass is 10.0. The number of fused-ring (bicyclic) bond motifs is 1. The van der Waals surface area contributed by atoms with E-state index in [1.54, 1.807) is 18.2 Å². The summed E-state index contributed by atoms with van der Waals surface area (Å²) in [5.41, 5.74) is 1.34. The molecule has 2 aromatic carbocycles. The molecule has 0 aliphatic heterocycles. The predicted molar refractivity (Wildman–Crippen MR) is 106 cm³/mol. The smallest absolute Gasteiger partial charge is 0.343 e. The second-order valence-electron chi connectivity index (χ2n) is 6.30. The predicted octanol–water partition coefficient (Wildman–Crippen LogP) is 4.89. The Hall–Kier alpha value is -3.14. The monoisotopic (exact) mass is 362 g/mol. The molecule has 0 amide bonds. The Bertz CT molecular complexity index is 1000. The fraction of sp³-hybridized carbons (Fsp3) is 0.217. The molecular formula is C23H22O4. The second-order valence-corrected chi connectivity index (χ2v) is 6.30. The van der Waals surface area contributed by atoms with Crippen molar-refractivity contribution in [3.05, 3.63) is 88.0 Å². The van der Waals surface area contributed by atoms with Crippen LogP contribution in [0.2, 0.25) is 0 Å². The van der Waals surface area contributed by atoms with Gasteiger partial charge in [-0.15, -0.1) is 0 Å². The highest BCUT2D eigenvalue weighted by atomic mass is 16.5. The van der Waals surface area contributed by atoms with Crippen LogP contribution in [0.5, 0.6) is 0 Å². The van der Waals surface area contributed by atoms with Crippen LogP contribution >= 0.6 is 0 Å². The molecule has 0 spiro atoms. The highest BCUT2D eigenvalue weighted by Gasteiger charge is 2.12. The summed E-state index contributed by atoms with van der Waals surface area (Å²) in [6, 6.07) is 16.8. The van der Waals surface area contributed by atoms with Gasteiger partial charge in [0.25, 0.3) is 0 Å².